The molecule has 0 radical (unpaired) electrons. The highest BCUT2D eigenvalue weighted by Crippen LogP contribution is 2.12. The van der Waals surface area contributed by atoms with Gasteiger partial charge in [0.25, 0.3) is 0 Å². The minimum atomic E-state index is -0.300. The van der Waals surface area contributed by atoms with E-state index in [4.69, 9.17) is 4.74 Å². The number of nitrogens with one attached hydrogen (secondary N) is 1. The molecule has 1 rings (SSSR count). The standard InChI is InChI=1S/C14H21NO3/c1-4-9-18-13-7-5-12(6-8-13)10-15-11(2)14(16)17-3/h5-8,11,15H,4,9-10H2,1-3H3. The summed E-state index contributed by atoms with van der Waals surface area (Å²) in [4.78, 5) is 11.2. The van der Waals surface area contributed by atoms with Crippen LogP contribution >= 0.6 is 0 Å². The van der Waals surface area contributed by atoms with Crippen molar-refractivity contribution in [3.8, 4) is 5.75 Å². The third kappa shape index (κ3) is 4.75. The first-order valence-corrected chi connectivity index (χ1v) is 6.20. The maximum Gasteiger partial charge on any atom is 0.322 e. The molecule has 1 unspecified atom stereocenters. The van der Waals surface area contributed by atoms with Crippen LogP contribution < -0.4 is 10.1 Å². The molecule has 18 heavy (non-hydrogen) atoms. The van der Waals surface area contributed by atoms with Gasteiger partial charge >= 0.3 is 5.97 Å². The number of hydrogen-bond donors (Lipinski definition) is 1. The SMILES string of the molecule is CCCOc1ccc(CNC(C)C(=O)OC)cc1. The van der Waals surface area contributed by atoms with E-state index in [1.807, 2.05) is 24.3 Å². The molecule has 1 aromatic carbocycles. The van der Waals surface area contributed by atoms with Crippen molar-refractivity contribution in [1.29, 1.82) is 0 Å². The highest BCUT2D eigenvalue weighted by Gasteiger charge is 2.11. The lowest BCUT2D eigenvalue weighted by Crippen LogP contribution is -2.34. The molecule has 0 saturated carbocycles. The van der Waals surface area contributed by atoms with Gasteiger partial charge in [-0.2, -0.15) is 0 Å². The first-order chi connectivity index (χ1) is 8.67. The van der Waals surface area contributed by atoms with Gasteiger partial charge < -0.3 is 14.8 Å². The highest BCUT2D eigenvalue weighted by molar-refractivity contribution is 5.75. The lowest BCUT2D eigenvalue weighted by atomic mass is 10.2. The molecule has 0 amide bonds. The fourth-order valence-electron chi connectivity index (χ4n) is 1.45. The largest absolute Gasteiger partial charge is 0.494 e. The van der Waals surface area contributed by atoms with E-state index in [9.17, 15) is 4.79 Å². The van der Waals surface area contributed by atoms with Gasteiger partial charge in [0.2, 0.25) is 0 Å². The molecule has 0 heterocycles. The number of carbonyl (C=O) groups is 1. The van der Waals surface area contributed by atoms with E-state index < -0.39 is 0 Å². The van der Waals surface area contributed by atoms with Crippen LogP contribution in [-0.2, 0) is 16.1 Å². The van der Waals surface area contributed by atoms with Gasteiger partial charge in [-0.25, -0.2) is 0 Å². The van der Waals surface area contributed by atoms with E-state index in [1.165, 1.54) is 7.11 Å². The van der Waals surface area contributed by atoms with Crippen molar-refractivity contribution in [3.63, 3.8) is 0 Å². The lowest BCUT2D eigenvalue weighted by Gasteiger charge is -2.11. The summed E-state index contributed by atoms with van der Waals surface area (Å²) in [5.74, 6) is 0.625. The minimum absolute atomic E-state index is 0.252. The van der Waals surface area contributed by atoms with Gasteiger partial charge in [-0.1, -0.05) is 19.1 Å². The summed E-state index contributed by atoms with van der Waals surface area (Å²) in [6.07, 6.45) is 1.000. The van der Waals surface area contributed by atoms with Crippen molar-refractivity contribution < 1.29 is 14.3 Å². The summed E-state index contributed by atoms with van der Waals surface area (Å²) in [6, 6.07) is 7.56. The topological polar surface area (TPSA) is 47.6 Å². The molecule has 0 fully saturated rings. The van der Waals surface area contributed by atoms with Gasteiger partial charge in [-0.3, -0.25) is 4.79 Å². The Balaban J connectivity index is 2.41. The summed E-state index contributed by atoms with van der Waals surface area (Å²) in [5.41, 5.74) is 1.11. The summed E-state index contributed by atoms with van der Waals surface area (Å²) in [5, 5.41) is 3.10. The number of hydrogen-bond acceptors (Lipinski definition) is 4. The van der Waals surface area contributed by atoms with Gasteiger partial charge in [0.05, 0.1) is 13.7 Å². The van der Waals surface area contributed by atoms with Crippen LogP contribution in [-0.4, -0.2) is 25.7 Å². The first kappa shape index (κ1) is 14.5. The van der Waals surface area contributed by atoms with E-state index in [0.717, 1.165) is 24.3 Å². The molecular weight excluding hydrogens is 230 g/mol. The van der Waals surface area contributed by atoms with Gasteiger partial charge in [0.15, 0.2) is 0 Å². The van der Waals surface area contributed by atoms with Crippen LogP contribution in [0.15, 0.2) is 24.3 Å². The van der Waals surface area contributed by atoms with Crippen molar-refractivity contribution >= 4 is 5.97 Å². The Labute approximate surface area is 108 Å². The van der Waals surface area contributed by atoms with E-state index in [-0.39, 0.29) is 12.0 Å². The fourth-order valence-corrected chi connectivity index (χ4v) is 1.45. The molecule has 100 valence electrons. The highest BCUT2D eigenvalue weighted by atomic mass is 16.5. The van der Waals surface area contributed by atoms with Gasteiger partial charge in [0, 0.05) is 6.54 Å². The second-order valence-electron chi connectivity index (χ2n) is 4.12. The Hall–Kier alpha value is -1.55. The number of methoxy groups -OCH3 is 1. The van der Waals surface area contributed by atoms with Crippen LogP contribution in [0, 0.1) is 0 Å². The van der Waals surface area contributed by atoms with E-state index >= 15 is 0 Å². The molecule has 4 heteroatoms. The Bertz CT molecular complexity index is 362. The molecule has 0 bridgehead atoms. The molecule has 1 N–H and O–H groups in total. The van der Waals surface area contributed by atoms with Crippen molar-refractivity contribution in [2.24, 2.45) is 0 Å². The zero-order valence-electron chi connectivity index (χ0n) is 11.2. The number of carbonyl (C=O) groups excluding carboxylic acids is 1. The Morgan fingerprint density at radius 2 is 2.00 bits per heavy atom. The van der Waals surface area contributed by atoms with E-state index in [0.29, 0.717) is 6.54 Å². The Kier molecular flexibility index (Phi) is 6.22. The van der Waals surface area contributed by atoms with Crippen molar-refractivity contribution in [1.82, 2.24) is 5.32 Å². The van der Waals surface area contributed by atoms with Crippen LogP contribution in [0.3, 0.4) is 0 Å². The molecule has 0 saturated heterocycles. The van der Waals surface area contributed by atoms with Gasteiger partial charge in [-0.05, 0) is 31.0 Å². The summed E-state index contributed by atoms with van der Waals surface area (Å²) >= 11 is 0. The van der Waals surface area contributed by atoms with E-state index in [2.05, 4.69) is 17.0 Å². The third-order valence-corrected chi connectivity index (χ3v) is 2.56. The first-order valence-electron chi connectivity index (χ1n) is 6.20. The summed E-state index contributed by atoms with van der Waals surface area (Å²) in [6.45, 7) is 5.22. The molecule has 4 nitrogen and oxygen atoms in total. The molecule has 0 aliphatic rings. The number of benzene rings is 1. The fraction of sp³-hybridized carbons (Fsp3) is 0.500. The summed E-state index contributed by atoms with van der Waals surface area (Å²) < 4.78 is 10.1. The normalized spacial score (nSPS) is 11.9. The zero-order valence-corrected chi connectivity index (χ0v) is 11.2. The van der Waals surface area contributed by atoms with Crippen LogP contribution in [0.2, 0.25) is 0 Å². The smallest absolute Gasteiger partial charge is 0.322 e. The van der Waals surface area contributed by atoms with Crippen LogP contribution in [0.4, 0.5) is 0 Å². The average Bonchev–Trinajstić information content (AvgIpc) is 2.42. The average molecular weight is 251 g/mol. The third-order valence-electron chi connectivity index (χ3n) is 2.56. The van der Waals surface area contributed by atoms with Crippen LogP contribution in [0.1, 0.15) is 25.8 Å². The number of esters is 1. The Morgan fingerprint density at radius 1 is 1.33 bits per heavy atom. The minimum Gasteiger partial charge on any atom is -0.494 e. The molecule has 1 aromatic rings. The van der Waals surface area contributed by atoms with Crippen LogP contribution in [0.5, 0.6) is 5.75 Å². The van der Waals surface area contributed by atoms with Gasteiger partial charge in [0.1, 0.15) is 11.8 Å². The zero-order chi connectivity index (χ0) is 13.4. The van der Waals surface area contributed by atoms with Crippen molar-refractivity contribution in [2.75, 3.05) is 13.7 Å². The predicted molar refractivity (Wildman–Crippen MR) is 70.5 cm³/mol. The molecule has 0 aliphatic heterocycles. The molecule has 0 aliphatic carbocycles. The Morgan fingerprint density at radius 3 is 2.56 bits per heavy atom. The predicted octanol–water partition coefficient (Wildman–Crippen LogP) is 2.13. The van der Waals surface area contributed by atoms with E-state index in [1.54, 1.807) is 6.92 Å². The van der Waals surface area contributed by atoms with Crippen molar-refractivity contribution in [3.05, 3.63) is 29.8 Å². The molecular formula is C14H21NO3. The monoisotopic (exact) mass is 251 g/mol. The number of rotatable bonds is 7. The number of ether oxygens (including phenoxy) is 2. The second kappa shape index (κ2) is 7.71. The maximum atomic E-state index is 11.2. The van der Waals surface area contributed by atoms with Gasteiger partial charge in [-0.15, -0.1) is 0 Å². The summed E-state index contributed by atoms with van der Waals surface area (Å²) in [7, 11) is 1.39. The molecule has 0 spiro atoms. The van der Waals surface area contributed by atoms with Crippen LogP contribution in [0.25, 0.3) is 0 Å². The van der Waals surface area contributed by atoms with Crippen molar-refractivity contribution in [2.45, 2.75) is 32.9 Å². The lowest BCUT2D eigenvalue weighted by molar-refractivity contribution is -0.142. The maximum absolute atomic E-state index is 11.2. The second-order valence-corrected chi connectivity index (χ2v) is 4.12. The molecule has 0 aromatic heterocycles. The molecule has 1 atom stereocenters. The quantitative estimate of drug-likeness (QED) is 0.754.